The van der Waals surface area contributed by atoms with E-state index in [2.05, 4.69) is 21.2 Å². The molecule has 0 aromatic heterocycles. The van der Waals surface area contributed by atoms with Crippen LogP contribution in [0, 0.1) is 0 Å². The summed E-state index contributed by atoms with van der Waals surface area (Å²) < 4.78 is 16.9. The third-order valence-corrected chi connectivity index (χ3v) is 4.35. The molecule has 1 atom stereocenters. The minimum absolute atomic E-state index is 0.156. The Morgan fingerprint density at radius 1 is 1.24 bits per heavy atom. The maximum atomic E-state index is 12.2. The van der Waals surface area contributed by atoms with Crippen molar-refractivity contribution in [3.63, 3.8) is 0 Å². The van der Waals surface area contributed by atoms with Crippen LogP contribution in [-0.2, 0) is 4.79 Å². The Labute approximate surface area is 154 Å². The van der Waals surface area contributed by atoms with Gasteiger partial charge in [-0.3, -0.25) is 4.79 Å². The van der Waals surface area contributed by atoms with Crippen LogP contribution in [0.25, 0.3) is 6.08 Å². The number of hydrogen-bond acceptors (Lipinski definition) is 4. The monoisotopic (exact) mass is 403 g/mol. The zero-order valence-electron chi connectivity index (χ0n) is 13.9. The Kier molecular flexibility index (Phi) is 5.28. The van der Waals surface area contributed by atoms with Crippen molar-refractivity contribution in [2.45, 2.75) is 13.0 Å². The van der Waals surface area contributed by atoms with E-state index in [1.54, 1.807) is 13.2 Å². The van der Waals surface area contributed by atoms with Gasteiger partial charge in [0.2, 0.25) is 12.7 Å². The lowest BCUT2D eigenvalue weighted by Gasteiger charge is -2.13. The number of carbonyl (C=O) groups excluding carboxylic acids is 1. The molecule has 5 nitrogen and oxygen atoms in total. The minimum atomic E-state index is -0.188. The number of fused-ring (bicyclic) bond motifs is 1. The first-order valence-electron chi connectivity index (χ1n) is 7.78. The predicted octanol–water partition coefficient (Wildman–Crippen LogP) is 4.08. The minimum Gasteiger partial charge on any atom is -0.496 e. The molecule has 1 unspecified atom stereocenters. The quantitative estimate of drug-likeness (QED) is 0.764. The lowest BCUT2D eigenvalue weighted by atomic mass is 10.1. The maximum absolute atomic E-state index is 12.2. The van der Waals surface area contributed by atoms with E-state index >= 15 is 0 Å². The average molecular weight is 404 g/mol. The number of amides is 1. The summed E-state index contributed by atoms with van der Waals surface area (Å²) in [6.07, 6.45) is 3.22. The van der Waals surface area contributed by atoms with Crippen molar-refractivity contribution >= 4 is 27.9 Å². The molecule has 0 saturated carbocycles. The SMILES string of the molecule is COc1ccc(Br)cc1/C=C/C(=O)NC(C)c1ccc2c(c1)OCO2. The molecule has 1 N–H and O–H groups in total. The molecule has 3 rings (SSSR count). The highest BCUT2D eigenvalue weighted by Gasteiger charge is 2.16. The summed E-state index contributed by atoms with van der Waals surface area (Å²) in [6.45, 7) is 2.15. The molecule has 1 heterocycles. The molecule has 1 amide bonds. The van der Waals surface area contributed by atoms with Crippen molar-refractivity contribution in [3.8, 4) is 17.2 Å². The van der Waals surface area contributed by atoms with Crippen molar-refractivity contribution in [2.24, 2.45) is 0 Å². The fourth-order valence-corrected chi connectivity index (χ4v) is 2.91. The van der Waals surface area contributed by atoms with Gasteiger partial charge in [-0.2, -0.15) is 0 Å². The maximum Gasteiger partial charge on any atom is 0.244 e. The summed E-state index contributed by atoms with van der Waals surface area (Å²) >= 11 is 3.42. The number of methoxy groups -OCH3 is 1. The van der Waals surface area contributed by atoms with Gasteiger partial charge in [-0.15, -0.1) is 0 Å². The van der Waals surface area contributed by atoms with Gasteiger partial charge in [-0.05, 0) is 48.9 Å². The highest BCUT2D eigenvalue weighted by molar-refractivity contribution is 9.10. The molecule has 0 saturated heterocycles. The van der Waals surface area contributed by atoms with Gasteiger partial charge in [0, 0.05) is 16.1 Å². The van der Waals surface area contributed by atoms with Gasteiger partial charge in [0.25, 0.3) is 0 Å². The normalized spacial score (nSPS) is 13.7. The van der Waals surface area contributed by atoms with E-state index in [-0.39, 0.29) is 18.7 Å². The van der Waals surface area contributed by atoms with Gasteiger partial charge < -0.3 is 19.5 Å². The molecule has 2 aromatic carbocycles. The molecule has 1 aliphatic rings. The standard InChI is InChI=1S/C19H18BrNO4/c1-12(13-3-6-17-18(10-13)25-11-24-17)21-19(22)8-4-14-9-15(20)5-7-16(14)23-2/h3-10,12H,11H2,1-2H3,(H,21,22)/b8-4+. The van der Waals surface area contributed by atoms with E-state index in [4.69, 9.17) is 14.2 Å². The topological polar surface area (TPSA) is 56.8 Å². The number of ether oxygens (including phenoxy) is 3. The summed E-state index contributed by atoms with van der Waals surface area (Å²) in [6, 6.07) is 11.1. The summed E-state index contributed by atoms with van der Waals surface area (Å²) in [7, 11) is 1.60. The second-order valence-electron chi connectivity index (χ2n) is 5.56. The second-order valence-corrected chi connectivity index (χ2v) is 6.48. The molecule has 0 radical (unpaired) electrons. The first-order chi connectivity index (χ1) is 12.1. The summed E-state index contributed by atoms with van der Waals surface area (Å²) in [5, 5.41) is 2.94. The van der Waals surface area contributed by atoms with Crippen molar-refractivity contribution in [1.82, 2.24) is 5.32 Å². The predicted molar refractivity (Wildman–Crippen MR) is 98.9 cm³/mol. The molecule has 0 spiro atoms. The smallest absolute Gasteiger partial charge is 0.244 e. The van der Waals surface area contributed by atoms with Gasteiger partial charge in [-0.1, -0.05) is 22.0 Å². The van der Waals surface area contributed by atoms with Crippen LogP contribution in [0.1, 0.15) is 24.1 Å². The van der Waals surface area contributed by atoms with Crippen LogP contribution in [0.3, 0.4) is 0 Å². The molecule has 1 aliphatic heterocycles. The Morgan fingerprint density at radius 3 is 2.84 bits per heavy atom. The lowest BCUT2D eigenvalue weighted by Crippen LogP contribution is -2.24. The summed E-state index contributed by atoms with van der Waals surface area (Å²) in [5.74, 6) is 1.94. The third-order valence-electron chi connectivity index (χ3n) is 3.86. The average Bonchev–Trinajstić information content (AvgIpc) is 3.07. The Morgan fingerprint density at radius 2 is 2.04 bits per heavy atom. The van der Waals surface area contributed by atoms with Crippen LogP contribution in [0.15, 0.2) is 46.9 Å². The van der Waals surface area contributed by atoms with E-state index in [9.17, 15) is 4.79 Å². The number of halogens is 1. The van der Waals surface area contributed by atoms with Crippen molar-refractivity contribution < 1.29 is 19.0 Å². The van der Waals surface area contributed by atoms with Crippen LogP contribution in [0.4, 0.5) is 0 Å². The third kappa shape index (κ3) is 4.14. The second kappa shape index (κ2) is 7.61. The molecule has 25 heavy (non-hydrogen) atoms. The fourth-order valence-electron chi connectivity index (χ4n) is 2.53. The molecule has 2 aromatic rings. The number of hydrogen-bond donors (Lipinski definition) is 1. The number of nitrogens with one attached hydrogen (secondary N) is 1. The van der Waals surface area contributed by atoms with Crippen LogP contribution in [-0.4, -0.2) is 19.8 Å². The summed E-state index contributed by atoms with van der Waals surface area (Å²) in [5.41, 5.74) is 1.77. The first kappa shape index (κ1) is 17.4. The molecule has 0 bridgehead atoms. The van der Waals surface area contributed by atoms with Crippen molar-refractivity contribution in [2.75, 3.05) is 13.9 Å². The summed E-state index contributed by atoms with van der Waals surface area (Å²) in [4.78, 5) is 12.2. The lowest BCUT2D eigenvalue weighted by molar-refractivity contribution is -0.117. The molecule has 6 heteroatoms. The van der Waals surface area contributed by atoms with Crippen molar-refractivity contribution in [3.05, 3.63) is 58.1 Å². The molecular formula is C19H18BrNO4. The number of carbonyl (C=O) groups is 1. The van der Waals surface area contributed by atoms with Gasteiger partial charge in [0.1, 0.15) is 5.75 Å². The van der Waals surface area contributed by atoms with Gasteiger partial charge in [0.05, 0.1) is 13.2 Å². The van der Waals surface area contributed by atoms with Crippen LogP contribution < -0.4 is 19.5 Å². The Hall–Kier alpha value is -2.47. The Bertz CT molecular complexity index is 819. The zero-order valence-corrected chi connectivity index (χ0v) is 15.5. The molecule has 0 fully saturated rings. The van der Waals surface area contributed by atoms with E-state index in [0.29, 0.717) is 11.5 Å². The first-order valence-corrected chi connectivity index (χ1v) is 8.58. The fraction of sp³-hybridized carbons (Fsp3) is 0.211. The highest BCUT2D eigenvalue weighted by atomic mass is 79.9. The molecular weight excluding hydrogens is 386 g/mol. The Balaban J connectivity index is 1.67. The molecule has 130 valence electrons. The highest BCUT2D eigenvalue weighted by Crippen LogP contribution is 2.34. The van der Waals surface area contributed by atoms with Gasteiger partial charge in [0.15, 0.2) is 11.5 Å². The van der Waals surface area contributed by atoms with E-state index in [0.717, 1.165) is 21.3 Å². The van der Waals surface area contributed by atoms with E-state index < -0.39 is 0 Å². The molecule has 0 aliphatic carbocycles. The van der Waals surface area contributed by atoms with Gasteiger partial charge >= 0.3 is 0 Å². The largest absolute Gasteiger partial charge is 0.496 e. The van der Waals surface area contributed by atoms with E-state index in [1.165, 1.54) is 6.08 Å². The van der Waals surface area contributed by atoms with E-state index in [1.807, 2.05) is 43.3 Å². The van der Waals surface area contributed by atoms with Crippen LogP contribution in [0.5, 0.6) is 17.2 Å². The zero-order chi connectivity index (χ0) is 17.8. The van der Waals surface area contributed by atoms with Gasteiger partial charge in [-0.25, -0.2) is 0 Å². The number of benzene rings is 2. The van der Waals surface area contributed by atoms with Crippen molar-refractivity contribution in [1.29, 1.82) is 0 Å². The van der Waals surface area contributed by atoms with Crippen LogP contribution >= 0.6 is 15.9 Å². The number of rotatable bonds is 5. The van der Waals surface area contributed by atoms with Crippen LogP contribution in [0.2, 0.25) is 0 Å².